The van der Waals surface area contributed by atoms with Crippen LogP contribution in [0.5, 0.6) is 0 Å². The molecule has 60 heavy (non-hydrogen) atoms. The third-order valence-corrected chi connectivity index (χ3v) is 12.7. The number of aromatic nitrogens is 4. The SMILES string of the molecule is CC1c2c(ccc3c(-c4ccccc4)nc(-c4ccccc4)nc23)C=CC1c1cccc(-c2nc(-c3ccccc3)cc(-c3ccc4c(c3)C(C)(C)c3ccccc3-4)n2)c1. The Labute approximate surface area is 351 Å². The Hall–Kier alpha value is -7.30. The van der Waals surface area contributed by atoms with Crippen LogP contribution in [0.3, 0.4) is 0 Å². The van der Waals surface area contributed by atoms with E-state index in [9.17, 15) is 0 Å². The summed E-state index contributed by atoms with van der Waals surface area (Å²) in [4.78, 5) is 21.1. The number of rotatable bonds is 6. The molecule has 2 aromatic heterocycles. The second kappa shape index (κ2) is 14.2. The quantitative estimate of drug-likeness (QED) is 0.169. The maximum absolute atomic E-state index is 5.34. The minimum absolute atomic E-state index is 0.107. The monoisotopic (exact) mass is 770 g/mol. The smallest absolute Gasteiger partial charge is 0.160 e. The highest BCUT2D eigenvalue weighted by molar-refractivity contribution is 5.98. The molecule has 2 heterocycles. The van der Waals surface area contributed by atoms with E-state index in [4.69, 9.17) is 19.9 Å². The second-order valence-electron chi connectivity index (χ2n) is 16.7. The van der Waals surface area contributed by atoms with Gasteiger partial charge in [-0.3, -0.25) is 0 Å². The first-order chi connectivity index (χ1) is 29.4. The lowest BCUT2D eigenvalue weighted by molar-refractivity contribution is 0.660. The number of benzene rings is 7. The van der Waals surface area contributed by atoms with Crippen molar-refractivity contribution < 1.29 is 0 Å². The third-order valence-electron chi connectivity index (χ3n) is 12.7. The van der Waals surface area contributed by atoms with Crippen LogP contribution in [0.25, 0.3) is 84.7 Å². The van der Waals surface area contributed by atoms with Gasteiger partial charge < -0.3 is 0 Å². The van der Waals surface area contributed by atoms with E-state index in [1.165, 1.54) is 38.9 Å². The van der Waals surface area contributed by atoms with Crippen LogP contribution in [0.15, 0.2) is 182 Å². The molecule has 0 N–H and O–H groups in total. The summed E-state index contributed by atoms with van der Waals surface area (Å²) in [6.07, 6.45) is 4.63. The molecule has 11 rings (SSSR count). The van der Waals surface area contributed by atoms with Crippen LogP contribution < -0.4 is 0 Å². The fraction of sp³-hybridized carbons (Fsp3) is 0.107. The molecule has 2 unspecified atom stereocenters. The van der Waals surface area contributed by atoms with Crippen LogP contribution >= 0.6 is 0 Å². The molecule has 9 aromatic rings. The molecule has 7 aromatic carbocycles. The normalized spacial score (nSPS) is 16.0. The van der Waals surface area contributed by atoms with Crippen LogP contribution in [-0.2, 0) is 5.41 Å². The Morgan fingerprint density at radius 2 is 1.10 bits per heavy atom. The minimum atomic E-state index is -0.110. The standard InChI is InChI=1S/C56H42N4/c1-35-43(29-26-37-27-31-46-52(38-18-9-5-10-19-38)59-54(60-53(46)51(35)37)39-20-11-6-12-21-39)40-22-15-23-42(32-40)55-57-49(36-16-7-4-8-17-36)34-50(58-55)41-28-30-45-44-24-13-14-25-47(44)56(2,3)48(45)33-41/h4-35,43H,1-3H3. The zero-order chi connectivity index (χ0) is 40.4. The fourth-order valence-electron chi connectivity index (χ4n) is 9.57. The maximum Gasteiger partial charge on any atom is 0.160 e. The predicted octanol–water partition coefficient (Wildman–Crippen LogP) is 14.0. The summed E-state index contributed by atoms with van der Waals surface area (Å²) >= 11 is 0. The average molecular weight is 771 g/mol. The van der Waals surface area contributed by atoms with Crippen LogP contribution in [0.2, 0.25) is 0 Å². The highest BCUT2D eigenvalue weighted by Gasteiger charge is 2.35. The summed E-state index contributed by atoms with van der Waals surface area (Å²) in [6, 6.07) is 62.3. The molecule has 0 spiro atoms. The number of hydrogen-bond acceptors (Lipinski definition) is 4. The van der Waals surface area contributed by atoms with Gasteiger partial charge in [-0.25, -0.2) is 19.9 Å². The van der Waals surface area contributed by atoms with Gasteiger partial charge in [-0.05, 0) is 69.1 Å². The molecular formula is C56H42N4. The molecule has 2 atom stereocenters. The van der Waals surface area contributed by atoms with Crippen molar-refractivity contribution in [3.05, 3.63) is 210 Å². The molecule has 0 amide bonds. The zero-order valence-electron chi connectivity index (χ0n) is 33.8. The van der Waals surface area contributed by atoms with Crippen LogP contribution in [-0.4, -0.2) is 19.9 Å². The van der Waals surface area contributed by atoms with Gasteiger partial charge in [0, 0.05) is 44.5 Å². The molecule has 4 nitrogen and oxygen atoms in total. The van der Waals surface area contributed by atoms with Crippen molar-refractivity contribution in [2.24, 2.45) is 0 Å². The van der Waals surface area contributed by atoms with E-state index in [1.807, 2.05) is 24.3 Å². The van der Waals surface area contributed by atoms with E-state index in [0.717, 1.165) is 61.6 Å². The molecule has 0 saturated carbocycles. The van der Waals surface area contributed by atoms with Crippen molar-refractivity contribution >= 4 is 17.0 Å². The first-order valence-corrected chi connectivity index (χ1v) is 20.8. The summed E-state index contributed by atoms with van der Waals surface area (Å²) in [7, 11) is 0. The highest BCUT2D eigenvalue weighted by Crippen LogP contribution is 2.50. The molecule has 0 bridgehead atoms. The number of allylic oxidation sites excluding steroid dienone is 1. The number of fused-ring (bicyclic) bond motifs is 6. The minimum Gasteiger partial charge on any atom is -0.228 e. The van der Waals surface area contributed by atoms with Crippen molar-refractivity contribution in [3.8, 4) is 67.7 Å². The lowest BCUT2D eigenvalue weighted by Gasteiger charge is -2.29. The summed E-state index contributed by atoms with van der Waals surface area (Å²) in [5.74, 6) is 1.69. The van der Waals surface area contributed by atoms with E-state index in [-0.39, 0.29) is 17.3 Å². The molecule has 0 radical (unpaired) electrons. The molecule has 0 saturated heterocycles. The molecule has 0 fully saturated rings. The van der Waals surface area contributed by atoms with Gasteiger partial charge in [0.15, 0.2) is 11.6 Å². The van der Waals surface area contributed by atoms with Gasteiger partial charge in [0.25, 0.3) is 0 Å². The van der Waals surface area contributed by atoms with Gasteiger partial charge in [0.05, 0.1) is 22.6 Å². The summed E-state index contributed by atoms with van der Waals surface area (Å²) < 4.78 is 0. The van der Waals surface area contributed by atoms with E-state index in [1.54, 1.807) is 0 Å². The second-order valence-corrected chi connectivity index (χ2v) is 16.7. The molecule has 0 aliphatic heterocycles. The number of nitrogens with zero attached hydrogens (tertiary/aromatic N) is 4. The molecule has 2 aliphatic carbocycles. The van der Waals surface area contributed by atoms with Crippen molar-refractivity contribution in [1.29, 1.82) is 0 Å². The van der Waals surface area contributed by atoms with E-state index in [0.29, 0.717) is 5.82 Å². The average Bonchev–Trinajstić information content (AvgIpc) is 3.54. The molecule has 4 heteroatoms. The van der Waals surface area contributed by atoms with Crippen LogP contribution in [0.4, 0.5) is 0 Å². The highest BCUT2D eigenvalue weighted by atomic mass is 14.9. The summed E-state index contributed by atoms with van der Waals surface area (Å²) in [5.41, 5.74) is 17.8. The van der Waals surface area contributed by atoms with E-state index in [2.05, 4.69) is 185 Å². The van der Waals surface area contributed by atoms with Gasteiger partial charge in [-0.1, -0.05) is 185 Å². The topological polar surface area (TPSA) is 51.6 Å². The Balaban J connectivity index is 1.01. The van der Waals surface area contributed by atoms with Crippen LogP contribution in [0, 0.1) is 0 Å². The van der Waals surface area contributed by atoms with E-state index >= 15 is 0 Å². The third kappa shape index (κ3) is 5.98. The molecule has 2 aliphatic rings. The Bertz CT molecular complexity index is 3130. The largest absolute Gasteiger partial charge is 0.228 e. The van der Waals surface area contributed by atoms with Crippen molar-refractivity contribution in [1.82, 2.24) is 19.9 Å². The Kier molecular flexibility index (Phi) is 8.49. The predicted molar refractivity (Wildman–Crippen MR) is 247 cm³/mol. The fourth-order valence-corrected chi connectivity index (χ4v) is 9.57. The van der Waals surface area contributed by atoms with Gasteiger partial charge in [-0.2, -0.15) is 0 Å². The number of hydrogen-bond donors (Lipinski definition) is 0. The van der Waals surface area contributed by atoms with Gasteiger partial charge >= 0.3 is 0 Å². The lowest BCUT2D eigenvalue weighted by Crippen LogP contribution is -2.15. The van der Waals surface area contributed by atoms with Gasteiger partial charge in [0.2, 0.25) is 0 Å². The molecular weight excluding hydrogens is 729 g/mol. The Morgan fingerprint density at radius 3 is 1.87 bits per heavy atom. The molecule has 286 valence electrons. The van der Waals surface area contributed by atoms with Gasteiger partial charge in [-0.15, -0.1) is 0 Å². The van der Waals surface area contributed by atoms with Crippen molar-refractivity contribution in [2.75, 3.05) is 0 Å². The van der Waals surface area contributed by atoms with Crippen molar-refractivity contribution in [2.45, 2.75) is 38.0 Å². The first-order valence-electron chi connectivity index (χ1n) is 20.8. The summed E-state index contributed by atoms with van der Waals surface area (Å²) in [6.45, 7) is 6.99. The lowest BCUT2D eigenvalue weighted by atomic mass is 9.76. The zero-order valence-corrected chi connectivity index (χ0v) is 33.8. The Morgan fingerprint density at radius 1 is 0.467 bits per heavy atom. The van der Waals surface area contributed by atoms with E-state index < -0.39 is 0 Å². The van der Waals surface area contributed by atoms with Crippen molar-refractivity contribution in [3.63, 3.8) is 0 Å². The summed E-state index contributed by atoms with van der Waals surface area (Å²) in [5, 5.41) is 1.06. The van der Waals surface area contributed by atoms with Gasteiger partial charge in [0.1, 0.15) is 0 Å². The first kappa shape index (κ1) is 35.8. The van der Waals surface area contributed by atoms with Crippen LogP contribution in [0.1, 0.15) is 60.4 Å². The maximum atomic E-state index is 5.34.